The van der Waals surface area contributed by atoms with Crippen molar-refractivity contribution in [2.24, 2.45) is 0 Å². The van der Waals surface area contributed by atoms with Crippen molar-refractivity contribution in [2.45, 2.75) is 44.4 Å². The van der Waals surface area contributed by atoms with Gasteiger partial charge in [0.15, 0.2) is 0 Å². The lowest BCUT2D eigenvalue weighted by Gasteiger charge is -2.42. The Kier molecular flexibility index (Phi) is 13.8. The largest absolute Gasteiger partial charge is 0.497 e. The first-order valence-electron chi connectivity index (χ1n) is 16.9. The normalized spacial score (nSPS) is 17.1. The maximum atomic E-state index is 12.4. The number of hydrogen-bond acceptors (Lipinski definition) is 9. The number of amides is 1. The van der Waals surface area contributed by atoms with Crippen LogP contribution in [0.15, 0.2) is 91.0 Å². The molecule has 0 radical (unpaired) electrons. The molecule has 0 saturated carbocycles. The van der Waals surface area contributed by atoms with Crippen LogP contribution in [-0.4, -0.2) is 83.1 Å². The average molecular weight is 702 g/mol. The van der Waals surface area contributed by atoms with Crippen LogP contribution in [0.3, 0.4) is 0 Å². The van der Waals surface area contributed by atoms with Crippen molar-refractivity contribution in [3.63, 3.8) is 0 Å². The third kappa shape index (κ3) is 10.8. The summed E-state index contributed by atoms with van der Waals surface area (Å²) in [5, 5.41) is 10.1. The molecule has 1 N–H and O–H groups in total. The van der Waals surface area contributed by atoms with Gasteiger partial charge in [-0.05, 0) is 58.7 Å². The van der Waals surface area contributed by atoms with E-state index in [0.29, 0.717) is 42.8 Å². The minimum absolute atomic E-state index is 0.162. The molecule has 4 aromatic rings. The second-order valence-corrected chi connectivity index (χ2v) is 12.2. The molecule has 4 aromatic carbocycles. The Balaban J connectivity index is 1.32. The SMILES string of the molecule is COc1cc(CO[C@H]2CN(C(=O)O)C[C@@H](OCc3cc(OC)cc(OC)c3)[C@H]2c2ccc(OCCCOCc3ccccc3)cc2)cc(OC)c1. The van der Waals surface area contributed by atoms with E-state index in [1.54, 1.807) is 40.6 Å². The third-order valence-electron chi connectivity index (χ3n) is 8.70. The summed E-state index contributed by atoms with van der Waals surface area (Å²) in [6.45, 7) is 2.40. The molecule has 1 fully saturated rings. The summed E-state index contributed by atoms with van der Waals surface area (Å²) in [6.07, 6.45) is -1.37. The number of ether oxygens (including phenoxy) is 8. The highest BCUT2D eigenvalue weighted by Crippen LogP contribution is 2.36. The summed E-state index contributed by atoms with van der Waals surface area (Å²) in [5.41, 5.74) is 3.74. The molecule has 0 spiro atoms. The Morgan fingerprint density at radius 1 is 0.627 bits per heavy atom. The fraction of sp³-hybridized carbons (Fsp3) is 0.375. The van der Waals surface area contributed by atoms with Crippen LogP contribution in [0.5, 0.6) is 28.7 Å². The van der Waals surface area contributed by atoms with Crippen molar-refractivity contribution in [1.29, 1.82) is 0 Å². The summed E-state index contributed by atoms with van der Waals surface area (Å²) in [5.74, 6) is 2.96. The van der Waals surface area contributed by atoms with Gasteiger partial charge in [0, 0.05) is 24.5 Å². The molecular weight excluding hydrogens is 654 g/mol. The number of benzene rings is 4. The Morgan fingerprint density at radius 2 is 1.14 bits per heavy atom. The third-order valence-corrected chi connectivity index (χ3v) is 8.70. The summed E-state index contributed by atoms with van der Waals surface area (Å²) in [6, 6.07) is 29.0. The maximum absolute atomic E-state index is 12.4. The van der Waals surface area contributed by atoms with Gasteiger partial charge in [0.1, 0.15) is 28.7 Å². The van der Waals surface area contributed by atoms with Gasteiger partial charge in [0.2, 0.25) is 0 Å². The van der Waals surface area contributed by atoms with Gasteiger partial charge in [0.05, 0.1) is 86.8 Å². The van der Waals surface area contributed by atoms with Crippen LogP contribution in [0.2, 0.25) is 0 Å². The van der Waals surface area contributed by atoms with Crippen molar-refractivity contribution in [3.05, 3.63) is 113 Å². The lowest BCUT2D eigenvalue weighted by atomic mass is 9.84. The zero-order chi connectivity index (χ0) is 36.0. The van der Waals surface area contributed by atoms with Crippen molar-refractivity contribution >= 4 is 6.09 Å². The van der Waals surface area contributed by atoms with E-state index in [0.717, 1.165) is 34.4 Å². The zero-order valence-corrected chi connectivity index (χ0v) is 29.6. The van der Waals surface area contributed by atoms with Crippen LogP contribution in [0.1, 0.15) is 34.6 Å². The summed E-state index contributed by atoms with van der Waals surface area (Å²) >= 11 is 0. The van der Waals surface area contributed by atoms with Crippen LogP contribution in [0, 0.1) is 0 Å². The fourth-order valence-electron chi connectivity index (χ4n) is 6.08. The van der Waals surface area contributed by atoms with E-state index < -0.39 is 18.3 Å². The highest BCUT2D eigenvalue weighted by molar-refractivity contribution is 5.65. The quantitative estimate of drug-likeness (QED) is 0.109. The Hall–Kier alpha value is -4.97. The monoisotopic (exact) mass is 701 g/mol. The molecule has 0 bridgehead atoms. The molecule has 1 heterocycles. The molecule has 11 nitrogen and oxygen atoms in total. The fourth-order valence-corrected chi connectivity index (χ4v) is 6.08. The van der Waals surface area contributed by atoms with Crippen molar-refractivity contribution in [1.82, 2.24) is 4.90 Å². The summed E-state index contributed by atoms with van der Waals surface area (Å²) < 4.78 is 46.7. The van der Waals surface area contributed by atoms with Gasteiger partial charge >= 0.3 is 6.09 Å². The smallest absolute Gasteiger partial charge is 0.407 e. The topological polar surface area (TPSA) is 114 Å². The van der Waals surface area contributed by atoms with Crippen LogP contribution < -0.4 is 23.7 Å². The van der Waals surface area contributed by atoms with Gasteiger partial charge in [-0.2, -0.15) is 0 Å². The van der Waals surface area contributed by atoms with Crippen LogP contribution in [0.25, 0.3) is 0 Å². The van der Waals surface area contributed by atoms with Gasteiger partial charge in [-0.1, -0.05) is 42.5 Å². The molecule has 3 atom stereocenters. The van der Waals surface area contributed by atoms with E-state index in [9.17, 15) is 9.90 Å². The second kappa shape index (κ2) is 18.9. The number of hydrogen-bond donors (Lipinski definition) is 1. The molecule has 1 aliphatic heterocycles. The Bertz CT molecular complexity index is 1550. The molecule has 272 valence electrons. The predicted octanol–water partition coefficient (Wildman–Crippen LogP) is 6.95. The number of likely N-dealkylation sites (tertiary alicyclic amines) is 1. The van der Waals surface area contributed by atoms with E-state index in [1.165, 1.54) is 4.90 Å². The van der Waals surface area contributed by atoms with E-state index >= 15 is 0 Å². The Labute approximate surface area is 299 Å². The van der Waals surface area contributed by atoms with Crippen molar-refractivity contribution in [2.75, 3.05) is 54.7 Å². The molecule has 1 amide bonds. The van der Waals surface area contributed by atoms with E-state index in [2.05, 4.69) is 0 Å². The van der Waals surface area contributed by atoms with E-state index in [1.807, 2.05) is 78.9 Å². The number of carboxylic acid groups (broad SMARTS) is 1. The molecule has 0 aliphatic carbocycles. The maximum Gasteiger partial charge on any atom is 0.407 e. The molecule has 11 heteroatoms. The average Bonchev–Trinajstić information content (AvgIpc) is 3.17. The summed E-state index contributed by atoms with van der Waals surface area (Å²) in [4.78, 5) is 13.7. The first-order valence-corrected chi connectivity index (χ1v) is 16.9. The minimum Gasteiger partial charge on any atom is -0.497 e. The van der Waals surface area contributed by atoms with E-state index in [-0.39, 0.29) is 32.2 Å². The van der Waals surface area contributed by atoms with Crippen LogP contribution in [-0.2, 0) is 34.0 Å². The number of methoxy groups -OCH3 is 4. The molecule has 0 aromatic heterocycles. The number of rotatable bonds is 18. The molecule has 0 unspecified atom stereocenters. The van der Waals surface area contributed by atoms with Gasteiger partial charge in [-0.15, -0.1) is 0 Å². The van der Waals surface area contributed by atoms with Gasteiger partial charge in [-0.3, -0.25) is 0 Å². The lowest BCUT2D eigenvalue weighted by molar-refractivity contribution is -0.0937. The number of piperidine rings is 1. The molecule has 5 rings (SSSR count). The highest BCUT2D eigenvalue weighted by atomic mass is 16.5. The molecular formula is C40H47NO10. The minimum atomic E-state index is -1.04. The predicted molar refractivity (Wildman–Crippen MR) is 191 cm³/mol. The molecule has 1 aliphatic rings. The second-order valence-electron chi connectivity index (χ2n) is 12.2. The highest BCUT2D eigenvalue weighted by Gasteiger charge is 2.41. The van der Waals surface area contributed by atoms with E-state index in [4.69, 9.17) is 37.9 Å². The zero-order valence-electron chi connectivity index (χ0n) is 29.6. The standard InChI is InChI=1S/C40H47NO10/c1-44-33-17-29(18-34(21-33)45-2)26-50-37-23-41(40(42)43)24-38(51-27-30-19-35(46-3)22-36(20-30)47-4)39(37)31-11-13-32(14-12-31)49-16-8-15-48-25-28-9-6-5-7-10-28/h5-7,9-14,17-22,37-39H,8,15-16,23-27H2,1-4H3,(H,42,43)/t37-,38+,39-. The number of nitrogens with zero attached hydrogens (tertiary/aromatic N) is 1. The van der Waals surface area contributed by atoms with Gasteiger partial charge in [0.25, 0.3) is 0 Å². The van der Waals surface area contributed by atoms with Crippen LogP contribution >= 0.6 is 0 Å². The van der Waals surface area contributed by atoms with Crippen molar-refractivity contribution in [3.8, 4) is 28.7 Å². The van der Waals surface area contributed by atoms with Gasteiger partial charge < -0.3 is 47.9 Å². The molecule has 51 heavy (non-hydrogen) atoms. The lowest BCUT2D eigenvalue weighted by Crippen LogP contribution is -2.54. The van der Waals surface area contributed by atoms with Crippen LogP contribution in [0.4, 0.5) is 4.79 Å². The Morgan fingerprint density at radius 3 is 1.61 bits per heavy atom. The van der Waals surface area contributed by atoms with Crippen molar-refractivity contribution < 1.29 is 47.8 Å². The molecule has 1 saturated heterocycles. The summed E-state index contributed by atoms with van der Waals surface area (Å²) in [7, 11) is 6.37. The van der Waals surface area contributed by atoms with Gasteiger partial charge in [-0.25, -0.2) is 4.79 Å². The first kappa shape index (κ1) is 37.3. The first-order chi connectivity index (χ1) is 24.9. The number of carbonyl (C=O) groups is 1.